The molecule has 0 aromatic heterocycles. The molecule has 8 heteroatoms. The van der Waals surface area contributed by atoms with Crippen LogP contribution in [0.1, 0.15) is 19.8 Å². The van der Waals surface area contributed by atoms with E-state index in [-0.39, 0.29) is 13.0 Å². The molecule has 0 saturated carbocycles. The fraction of sp³-hybridized carbons (Fsp3) is 0.600. The maximum absolute atomic E-state index is 11.1. The maximum atomic E-state index is 11.1. The first-order valence-electron chi connectivity index (χ1n) is 5.29. The van der Waals surface area contributed by atoms with Crippen LogP contribution in [0.5, 0.6) is 0 Å². The first-order valence-corrected chi connectivity index (χ1v) is 6.79. The van der Waals surface area contributed by atoms with Crippen molar-refractivity contribution in [3.8, 4) is 0 Å². The second-order valence-corrected chi connectivity index (χ2v) is 4.68. The Labute approximate surface area is 106 Å². The lowest BCUT2D eigenvalue weighted by molar-refractivity contribution is -0.147. The molecule has 18 heavy (non-hydrogen) atoms. The van der Waals surface area contributed by atoms with Gasteiger partial charge in [0.2, 0.25) is 6.61 Å². The molecular formula is C10H18O7P+. The quantitative estimate of drug-likeness (QED) is 0.268. The molecule has 7 nitrogen and oxygen atoms in total. The average molecular weight is 281 g/mol. The van der Waals surface area contributed by atoms with Crippen LogP contribution in [-0.2, 0) is 23.1 Å². The van der Waals surface area contributed by atoms with Crippen LogP contribution in [0, 0.1) is 6.61 Å². The second kappa shape index (κ2) is 9.13. The molecule has 0 heterocycles. The summed E-state index contributed by atoms with van der Waals surface area (Å²) in [6, 6.07) is 0. The van der Waals surface area contributed by atoms with Crippen molar-refractivity contribution in [1.29, 1.82) is 0 Å². The highest BCUT2D eigenvalue weighted by Gasteiger charge is 2.26. The fourth-order valence-corrected chi connectivity index (χ4v) is 1.56. The fourth-order valence-electron chi connectivity index (χ4n) is 0.873. The number of phosphoric ester groups is 1. The molecule has 0 spiro atoms. The molecule has 0 radical (unpaired) electrons. The van der Waals surface area contributed by atoms with Crippen molar-refractivity contribution in [2.24, 2.45) is 0 Å². The highest BCUT2D eigenvalue weighted by Crippen LogP contribution is 2.43. The Hall–Kier alpha value is -0.850. The molecule has 104 valence electrons. The summed E-state index contributed by atoms with van der Waals surface area (Å²) in [5.74, 6) is -0.487. The van der Waals surface area contributed by atoms with E-state index < -0.39 is 26.5 Å². The Morgan fingerprint density at radius 2 is 2.22 bits per heavy atom. The van der Waals surface area contributed by atoms with Crippen LogP contribution in [0.3, 0.4) is 0 Å². The normalized spacial score (nSPS) is 15.5. The van der Waals surface area contributed by atoms with E-state index in [4.69, 9.17) is 9.63 Å². The van der Waals surface area contributed by atoms with Gasteiger partial charge in [-0.05, 0) is 6.42 Å². The van der Waals surface area contributed by atoms with Crippen molar-refractivity contribution >= 4 is 13.8 Å². The van der Waals surface area contributed by atoms with Gasteiger partial charge in [0.05, 0.1) is 6.61 Å². The van der Waals surface area contributed by atoms with Gasteiger partial charge in [0.15, 0.2) is 0 Å². The molecule has 0 rings (SSSR count). The molecule has 2 atom stereocenters. The molecule has 2 unspecified atom stereocenters. The first kappa shape index (κ1) is 17.2. The van der Waals surface area contributed by atoms with Crippen molar-refractivity contribution in [2.45, 2.75) is 25.9 Å². The number of rotatable bonds is 10. The summed E-state index contributed by atoms with van der Waals surface area (Å²) >= 11 is 0. The molecule has 0 bridgehead atoms. The standard InChI is InChI=1S/C10H17O7P/c1-3-5-6-10(12)15-7-9(11)8-17-18(13,14)16-4-2/h3-4,9,11H,1,5-8H2,2H3/p+1. The van der Waals surface area contributed by atoms with Crippen LogP contribution in [0.2, 0.25) is 0 Å². The third-order valence-corrected chi connectivity index (χ3v) is 2.61. The molecule has 0 aliphatic carbocycles. The van der Waals surface area contributed by atoms with Crippen LogP contribution in [-0.4, -0.2) is 35.3 Å². The number of phosphoric acid groups is 1. The third-order valence-electron chi connectivity index (χ3n) is 1.66. The molecule has 0 amide bonds. The van der Waals surface area contributed by atoms with E-state index in [1.54, 1.807) is 6.08 Å². The zero-order valence-electron chi connectivity index (χ0n) is 10.2. The summed E-state index contributed by atoms with van der Waals surface area (Å²) in [5, 5.41) is 9.33. The second-order valence-electron chi connectivity index (χ2n) is 3.27. The minimum atomic E-state index is -4.18. The van der Waals surface area contributed by atoms with Gasteiger partial charge in [-0.15, -0.1) is 6.58 Å². The van der Waals surface area contributed by atoms with E-state index in [1.165, 1.54) is 6.92 Å². The van der Waals surface area contributed by atoms with Crippen molar-refractivity contribution in [2.75, 3.05) is 13.2 Å². The van der Waals surface area contributed by atoms with Crippen molar-refractivity contribution in [3.05, 3.63) is 19.3 Å². The monoisotopic (exact) mass is 281 g/mol. The van der Waals surface area contributed by atoms with Gasteiger partial charge >= 0.3 is 13.8 Å². The minimum Gasteiger partial charge on any atom is -0.463 e. The molecular weight excluding hydrogens is 263 g/mol. The minimum absolute atomic E-state index is 0.170. The SMILES string of the molecule is C=CCCC(=O)OCC(O)COP(=O)(O)O[CH+]C. The number of carbonyl (C=O) groups excluding carboxylic acids is 1. The molecule has 0 fully saturated rings. The number of allylic oxidation sites excluding steroid dienone is 1. The Morgan fingerprint density at radius 3 is 2.78 bits per heavy atom. The number of aliphatic hydroxyl groups is 1. The molecule has 0 aliphatic rings. The largest absolute Gasteiger partial charge is 0.512 e. The summed E-state index contributed by atoms with van der Waals surface area (Å²) in [5.41, 5.74) is 0. The van der Waals surface area contributed by atoms with Gasteiger partial charge in [-0.25, -0.2) is 4.57 Å². The number of hydrogen-bond acceptors (Lipinski definition) is 6. The predicted molar refractivity (Wildman–Crippen MR) is 63.2 cm³/mol. The van der Waals surface area contributed by atoms with E-state index in [0.717, 1.165) is 6.61 Å². The van der Waals surface area contributed by atoms with Crippen LogP contribution in [0.4, 0.5) is 0 Å². The zero-order valence-corrected chi connectivity index (χ0v) is 11.0. The van der Waals surface area contributed by atoms with Crippen LogP contribution < -0.4 is 0 Å². The van der Waals surface area contributed by atoms with Gasteiger partial charge in [-0.3, -0.25) is 9.32 Å². The summed E-state index contributed by atoms with van der Waals surface area (Å²) in [4.78, 5) is 20.1. The third kappa shape index (κ3) is 9.21. The Morgan fingerprint density at radius 1 is 1.56 bits per heavy atom. The lowest BCUT2D eigenvalue weighted by Crippen LogP contribution is -2.23. The van der Waals surface area contributed by atoms with Gasteiger partial charge in [0, 0.05) is 6.42 Å². The zero-order chi connectivity index (χ0) is 14.0. The molecule has 0 aromatic carbocycles. The van der Waals surface area contributed by atoms with E-state index in [9.17, 15) is 14.5 Å². The van der Waals surface area contributed by atoms with Crippen molar-refractivity contribution in [1.82, 2.24) is 0 Å². The number of esters is 1. The highest BCUT2D eigenvalue weighted by molar-refractivity contribution is 7.47. The summed E-state index contributed by atoms with van der Waals surface area (Å²) < 4.78 is 24.5. The number of hydrogen-bond donors (Lipinski definition) is 2. The topological polar surface area (TPSA) is 102 Å². The van der Waals surface area contributed by atoms with E-state index in [1.807, 2.05) is 0 Å². The van der Waals surface area contributed by atoms with Gasteiger partial charge in [-0.1, -0.05) is 10.6 Å². The number of aliphatic hydroxyl groups excluding tert-OH is 1. The highest BCUT2D eigenvalue weighted by atomic mass is 31.2. The number of carbonyl (C=O) groups is 1. The predicted octanol–water partition coefficient (Wildman–Crippen LogP) is 1.17. The van der Waals surface area contributed by atoms with Crippen molar-refractivity contribution < 1.29 is 33.1 Å². The van der Waals surface area contributed by atoms with Gasteiger partial charge in [0.25, 0.3) is 0 Å². The van der Waals surface area contributed by atoms with Gasteiger partial charge in [-0.2, -0.15) is 0 Å². The lowest BCUT2D eigenvalue weighted by atomic mass is 10.3. The summed E-state index contributed by atoms with van der Waals surface area (Å²) in [7, 11) is -4.18. The molecule has 0 saturated heterocycles. The van der Waals surface area contributed by atoms with Gasteiger partial charge < -0.3 is 14.7 Å². The van der Waals surface area contributed by atoms with Crippen LogP contribution >= 0.6 is 7.82 Å². The van der Waals surface area contributed by atoms with Crippen LogP contribution in [0.25, 0.3) is 0 Å². The van der Waals surface area contributed by atoms with E-state index >= 15 is 0 Å². The summed E-state index contributed by atoms with van der Waals surface area (Å²) in [6.45, 7) is 5.07. The smallest absolute Gasteiger partial charge is 0.463 e. The number of ether oxygens (including phenoxy) is 1. The Kier molecular flexibility index (Phi) is 8.70. The average Bonchev–Trinajstić information content (AvgIpc) is 2.31. The summed E-state index contributed by atoms with van der Waals surface area (Å²) in [6.07, 6.45) is 1.03. The first-order chi connectivity index (χ1) is 8.41. The molecule has 0 aromatic rings. The van der Waals surface area contributed by atoms with Crippen LogP contribution in [0.15, 0.2) is 12.7 Å². The Balaban J connectivity index is 3.77. The Bertz CT molecular complexity index is 305. The van der Waals surface area contributed by atoms with E-state index in [2.05, 4.69) is 15.6 Å². The molecule has 0 aliphatic heterocycles. The lowest BCUT2D eigenvalue weighted by Gasteiger charge is -2.12. The van der Waals surface area contributed by atoms with Gasteiger partial charge in [0.1, 0.15) is 19.6 Å². The van der Waals surface area contributed by atoms with Crippen molar-refractivity contribution in [3.63, 3.8) is 0 Å². The van der Waals surface area contributed by atoms with E-state index in [0.29, 0.717) is 6.42 Å². The molecule has 2 N–H and O–H groups in total. The maximum Gasteiger partial charge on any atom is 0.512 e.